The first-order valence-corrected chi connectivity index (χ1v) is 10.2. The summed E-state index contributed by atoms with van der Waals surface area (Å²) >= 11 is 0. The SMILES string of the molecule is O=C(c1cc(F)cc2c1OCOC2)N1CCN(Cc2cccc3ccccc23)CC1. The maximum absolute atomic E-state index is 14.0. The van der Waals surface area contributed by atoms with E-state index in [1.165, 1.54) is 28.5 Å². The quantitative estimate of drug-likeness (QED) is 0.664. The molecule has 5 nitrogen and oxygen atoms in total. The summed E-state index contributed by atoms with van der Waals surface area (Å²) in [5.41, 5.74) is 2.16. The number of carbonyl (C=O) groups is 1. The Bertz CT molecular complexity index is 1090. The van der Waals surface area contributed by atoms with E-state index in [-0.39, 0.29) is 24.9 Å². The first-order valence-electron chi connectivity index (χ1n) is 10.2. The van der Waals surface area contributed by atoms with Crippen LogP contribution in [0, 0.1) is 5.82 Å². The van der Waals surface area contributed by atoms with Gasteiger partial charge in [0.1, 0.15) is 11.6 Å². The van der Waals surface area contributed by atoms with Crippen LogP contribution < -0.4 is 4.74 Å². The van der Waals surface area contributed by atoms with Gasteiger partial charge in [0.05, 0.1) is 12.2 Å². The van der Waals surface area contributed by atoms with Gasteiger partial charge in [-0.2, -0.15) is 0 Å². The van der Waals surface area contributed by atoms with Crippen LogP contribution in [0.15, 0.2) is 54.6 Å². The highest BCUT2D eigenvalue weighted by Crippen LogP contribution is 2.30. The van der Waals surface area contributed by atoms with Gasteiger partial charge >= 0.3 is 0 Å². The Morgan fingerprint density at radius 3 is 2.67 bits per heavy atom. The molecule has 2 aliphatic heterocycles. The summed E-state index contributed by atoms with van der Waals surface area (Å²) in [7, 11) is 0. The molecule has 0 saturated carbocycles. The highest BCUT2D eigenvalue weighted by molar-refractivity contribution is 5.97. The Kier molecular flexibility index (Phi) is 5.11. The Labute approximate surface area is 174 Å². The van der Waals surface area contributed by atoms with Crippen LogP contribution in [0.3, 0.4) is 0 Å². The second-order valence-electron chi connectivity index (χ2n) is 7.76. The predicted octanol–water partition coefficient (Wildman–Crippen LogP) is 3.80. The first-order chi connectivity index (χ1) is 14.7. The minimum absolute atomic E-state index is 0.0811. The third-order valence-electron chi connectivity index (χ3n) is 5.84. The van der Waals surface area contributed by atoms with Crippen LogP contribution in [0.1, 0.15) is 21.5 Å². The number of carbonyl (C=O) groups excluding carboxylic acids is 1. The summed E-state index contributed by atoms with van der Waals surface area (Å²) in [5, 5.41) is 2.51. The largest absolute Gasteiger partial charge is 0.466 e. The molecule has 0 atom stereocenters. The molecule has 0 spiro atoms. The molecule has 6 heteroatoms. The van der Waals surface area contributed by atoms with Crippen molar-refractivity contribution in [2.24, 2.45) is 0 Å². The minimum atomic E-state index is -0.444. The Morgan fingerprint density at radius 1 is 1.00 bits per heavy atom. The summed E-state index contributed by atoms with van der Waals surface area (Å²) in [6.45, 7) is 3.94. The molecule has 2 aliphatic rings. The molecule has 0 bridgehead atoms. The van der Waals surface area contributed by atoms with Crippen LogP contribution >= 0.6 is 0 Å². The van der Waals surface area contributed by atoms with E-state index in [0.29, 0.717) is 24.4 Å². The Hall–Kier alpha value is -2.96. The van der Waals surface area contributed by atoms with E-state index in [4.69, 9.17) is 9.47 Å². The number of nitrogens with zero attached hydrogens (tertiary/aromatic N) is 2. The Balaban J connectivity index is 1.28. The summed E-state index contributed by atoms with van der Waals surface area (Å²) in [6, 6.07) is 17.4. The maximum atomic E-state index is 14.0. The number of fused-ring (bicyclic) bond motifs is 2. The highest BCUT2D eigenvalue weighted by atomic mass is 19.1. The molecule has 30 heavy (non-hydrogen) atoms. The molecular weight excluding hydrogens is 383 g/mol. The summed E-state index contributed by atoms with van der Waals surface area (Å²) in [5.74, 6) is -0.177. The number of benzene rings is 3. The predicted molar refractivity (Wildman–Crippen MR) is 112 cm³/mol. The van der Waals surface area contributed by atoms with Gasteiger partial charge in [-0.25, -0.2) is 4.39 Å². The molecule has 0 radical (unpaired) electrons. The average molecular weight is 406 g/mol. The van der Waals surface area contributed by atoms with Gasteiger partial charge in [-0.3, -0.25) is 9.69 Å². The molecule has 0 aliphatic carbocycles. The zero-order chi connectivity index (χ0) is 20.5. The molecule has 1 saturated heterocycles. The van der Waals surface area contributed by atoms with Crippen molar-refractivity contribution in [3.63, 3.8) is 0 Å². The van der Waals surface area contributed by atoms with E-state index in [1.54, 1.807) is 4.90 Å². The standard InChI is InChI=1S/C24H23FN2O3/c25-20-12-19-15-29-16-30-23(19)22(13-20)24(28)27-10-8-26(9-11-27)14-18-6-3-5-17-4-1-2-7-21(17)18/h1-7,12-13H,8-11,14-16H2. The van der Waals surface area contributed by atoms with Gasteiger partial charge in [-0.1, -0.05) is 42.5 Å². The number of hydrogen-bond acceptors (Lipinski definition) is 4. The zero-order valence-corrected chi connectivity index (χ0v) is 16.6. The van der Waals surface area contributed by atoms with Crippen LogP contribution in [0.2, 0.25) is 0 Å². The van der Waals surface area contributed by atoms with Crippen LogP contribution in [-0.4, -0.2) is 48.7 Å². The average Bonchev–Trinajstić information content (AvgIpc) is 2.79. The lowest BCUT2D eigenvalue weighted by molar-refractivity contribution is -0.0173. The van der Waals surface area contributed by atoms with Crippen molar-refractivity contribution in [2.45, 2.75) is 13.2 Å². The van der Waals surface area contributed by atoms with Gasteiger partial charge < -0.3 is 14.4 Å². The molecule has 3 aromatic rings. The molecule has 5 rings (SSSR count). The topological polar surface area (TPSA) is 42.0 Å². The zero-order valence-electron chi connectivity index (χ0n) is 16.6. The van der Waals surface area contributed by atoms with E-state index in [0.717, 1.165) is 19.6 Å². The number of amides is 1. The normalized spacial score (nSPS) is 16.9. The molecule has 3 aromatic carbocycles. The van der Waals surface area contributed by atoms with Gasteiger partial charge in [0, 0.05) is 38.3 Å². The monoisotopic (exact) mass is 406 g/mol. The fourth-order valence-corrected chi connectivity index (χ4v) is 4.29. The van der Waals surface area contributed by atoms with E-state index in [1.807, 2.05) is 0 Å². The summed E-state index contributed by atoms with van der Waals surface area (Å²) in [6.07, 6.45) is 0. The third-order valence-corrected chi connectivity index (χ3v) is 5.84. The van der Waals surface area contributed by atoms with Crippen LogP contribution in [0.5, 0.6) is 5.75 Å². The number of hydrogen-bond donors (Lipinski definition) is 0. The molecule has 154 valence electrons. The van der Waals surface area contributed by atoms with Gasteiger partial charge in [-0.05, 0) is 28.5 Å². The molecule has 0 aromatic heterocycles. The summed E-state index contributed by atoms with van der Waals surface area (Å²) in [4.78, 5) is 17.2. The van der Waals surface area contributed by atoms with Gasteiger partial charge in [-0.15, -0.1) is 0 Å². The highest BCUT2D eigenvalue weighted by Gasteiger charge is 2.27. The number of rotatable bonds is 3. The molecular formula is C24H23FN2O3. The lowest BCUT2D eigenvalue weighted by atomic mass is 10.0. The Morgan fingerprint density at radius 2 is 1.80 bits per heavy atom. The smallest absolute Gasteiger partial charge is 0.257 e. The number of halogens is 1. The van der Waals surface area contributed by atoms with Crippen molar-refractivity contribution >= 4 is 16.7 Å². The minimum Gasteiger partial charge on any atom is -0.466 e. The lowest BCUT2D eigenvalue weighted by Gasteiger charge is -2.35. The molecule has 0 unspecified atom stereocenters. The van der Waals surface area contributed by atoms with Crippen molar-refractivity contribution < 1.29 is 18.7 Å². The molecule has 0 N–H and O–H groups in total. The van der Waals surface area contributed by atoms with Crippen molar-refractivity contribution in [1.29, 1.82) is 0 Å². The molecule has 1 fully saturated rings. The van der Waals surface area contributed by atoms with Crippen molar-refractivity contribution in [3.05, 3.63) is 77.1 Å². The van der Waals surface area contributed by atoms with Crippen LogP contribution in [0.4, 0.5) is 4.39 Å². The van der Waals surface area contributed by atoms with Crippen LogP contribution in [-0.2, 0) is 17.9 Å². The van der Waals surface area contributed by atoms with Crippen molar-refractivity contribution in [2.75, 3.05) is 33.0 Å². The fraction of sp³-hybridized carbons (Fsp3) is 0.292. The second kappa shape index (κ2) is 8.05. The number of piperazine rings is 1. The second-order valence-corrected chi connectivity index (χ2v) is 7.76. The maximum Gasteiger partial charge on any atom is 0.257 e. The van der Waals surface area contributed by atoms with Gasteiger partial charge in [0.25, 0.3) is 5.91 Å². The van der Waals surface area contributed by atoms with Gasteiger partial charge in [0.2, 0.25) is 0 Å². The van der Waals surface area contributed by atoms with Gasteiger partial charge in [0.15, 0.2) is 6.79 Å². The molecule has 2 heterocycles. The van der Waals surface area contributed by atoms with E-state index >= 15 is 0 Å². The number of ether oxygens (including phenoxy) is 2. The van der Waals surface area contributed by atoms with Crippen molar-refractivity contribution in [1.82, 2.24) is 9.80 Å². The fourth-order valence-electron chi connectivity index (χ4n) is 4.29. The summed E-state index contributed by atoms with van der Waals surface area (Å²) < 4.78 is 24.8. The van der Waals surface area contributed by atoms with E-state index in [9.17, 15) is 9.18 Å². The van der Waals surface area contributed by atoms with Crippen molar-refractivity contribution in [3.8, 4) is 5.75 Å². The molecule has 1 amide bonds. The third kappa shape index (κ3) is 3.64. The van der Waals surface area contributed by atoms with E-state index < -0.39 is 5.82 Å². The van der Waals surface area contributed by atoms with Crippen LogP contribution in [0.25, 0.3) is 10.8 Å². The van der Waals surface area contributed by atoms with E-state index in [2.05, 4.69) is 47.4 Å². The lowest BCUT2D eigenvalue weighted by Crippen LogP contribution is -2.48. The first kappa shape index (κ1) is 19.0.